The standard InChI is InChI=1S/C12H17N5OS/c1-2-8(11-14-5-6-15-11)17-12(18)9-7-19-10(16-9)3-4-13/h5-8H,2-4,13H2,1H3,(H,14,15)(H,17,18). The SMILES string of the molecule is CCC(NC(=O)c1csc(CCN)n1)c1ncc[nH]1. The van der Waals surface area contributed by atoms with Crippen LogP contribution in [0.1, 0.15) is 40.7 Å². The number of aromatic amines is 1. The van der Waals surface area contributed by atoms with Crippen LogP contribution in [-0.2, 0) is 6.42 Å². The molecule has 0 aromatic carbocycles. The van der Waals surface area contributed by atoms with Crippen LogP contribution in [0.3, 0.4) is 0 Å². The first-order chi connectivity index (χ1) is 9.24. The Morgan fingerprint density at radius 2 is 2.47 bits per heavy atom. The van der Waals surface area contributed by atoms with Gasteiger partial charge >= 0.3 is 0 Å². The van der Waals surface area contributed by atoms with Gasteiger partial charge in [-0.05, 0) is 13.0 Å². The first-order valence-corrected chi connectivity index (χ1v) is 7.07. The second kappa shape index (κ2) is 6.44. The summed E-state index contributed by atoms with van der Waals surface area (Å²) in [5.41, 5.74) is 5.91. The molecule has 2 aromatic heterocycles. The molecule has 0 saturated carbocycles. The Morgan fingerprint density at radius 3 is 3.11 bits per heavy atom. The molecule has 7 heteroatoms. The van der Waals surface area contributed by atoms with E-state index >= 15 is 0 Å². The molecule has 2 heterocycles. The highest BCUT2D eigenvalue weighted by Gasteiger charge is 2.17. The van der Waals surface area contributed by atoms with E-state index in [0.29, 0.717) is 18.7 Å². The molecule has 1 atom stereocenters. The number of nitrogens with zero attached hydrogens (tertiary/aromatic N) is 2. The van der Waals surface area contributed by atoms with Gasteiger partial charge in [-0.1, -0.05) is 6.92 Å². The van der Waals surface area contributed by atoms with Crippen LogP contribution in [0.15, 0.2) is 17.8 Å². The zero-order chi connectivity index (χ0) is 13.7. The van der Waals surface area contributed by atoms with Gasteiger partial charge in [-0.25, -0.2) is 9.97 Å². The zero-order valence-electron chi connectivity index (χ0n) is 10.7. The fourth-order valence-corrected chi connectivity index (χ4v) is 2.51. The van der Waals surface area contributed by atoms with E-state index in [4.69, 9.17) is 5.73 Å². The summed E-state index contributed by atoms with van der Waals surface area (Å²) < 4.78 is 0. The fraction of sp³-hybridized carbons (Fsp3) is 0.417. The van der Waals surface area contributed by atoms with Crippen molar-refractivity contribution in [3.63, 3.8) is 0 Å². The van der Waals surface area contributed by atoms with Crippen molar-refractivity contribution in [2.45, 2.75) is 25.8 Å². The van der Waals surface area contributed by atoms with Crippen molar-refractivity contribution in [2.24, 2.45) is 5.73 Å². The van der Waals surface area contributed by atoms with E-state index in [9.17, 15) is 4.79 Å². The van der Waals surface area contributed by atoms with Crippen molar-refractivity contribution in [3.8, 4) is 0 Å². The molecule has 0 radical (unpaired) electrons. The summed E-state index contributed by atoms with van der Waals surface area (Å²) in [7, 11) is 0. The number of carbonyl (C=O) groups is 1. The Labute approximate surface area is 115 Å². The van der Waals surface area contributed by atoms with Gasteiger partial charge in [-0.2, -0.15) is 0 Å². The van der Waals surface area contributed by atoms with Crippen molar-refractivity contribution >= 4 is 17.2 Å². The van der Waals surface area contributed by atoms with Gasteiger partial charge in [0.1, 0.15) is 11.5 Å². The second-order valence-electron chi connectivity index (χ2n) is 4.07. The van der Waals surface area contributed by atoms with Crippen LogP contribution in [0.5, 0.6) is 0 Å². The van der Waals surface area contributed by atoms with Gasteiger partial charge in [0.2, 0.25) is 0 Å². The number of nitrogens with two attached hydrogens (primary N) is 1. The van der Waals surface area contributed by atoms with E-state index in [-0.39, 0.29) is 11.9 Å². The Hall–Kier alpha value is -1.73. The summed E-state index contributed by atoms with van der Waals surface area (Å²) >= 11 is 1.46. The maximum absolute atomic E-state index is 12.1. The summed E-state index contributed by atoms with van der Waals surface area (Å²) in [5.74, 6) is 0.580. The minimum atomic E-state index is -0.178. The smallest absolute Gasteiger partial charge is 0.271 e. The minimum Gasteiger partial charge on any atom is -0.347 e. The predicted molar refractivity (Wildman–Crippen MR) is 74.0 cm³/mol. The molecule has 1 unspecified atom stereocenters. The van der Waals surface area contributed by atoms with Gasteiger partial charge in [0.15, 0.2) is 0 Å². The Kier molecular flexibility index (Phi) is 4.64. The van der Waals surface area contributed by atoms with Crippen LogP contribution in [0, 0.1) is 0 Å². The molecule has 0 aliphatic heterocycles. The number of thiazole rings is 1. The monoisotopic (exact) mass is 279 g/mol. The van der Waals surface area contributed by atoms with Crippen molar-refractivity contribution in [1.29, 1.82) is 0 Å². The highest BCUT2D eigenvalue weighted by Crippen LogP contribution is 2.14. The number of hydrogen-bond acceptors (Lipinski definition) is 5. The molecule has 19 heavy (non-hydrogen) atoms. The number of nitrogens with one attached hydrogen (secondary N) is 2. The third-order valence-electron chi connectivity index (χ3n) is 2.71. The molecule has 0 saturated heterocycles. The maximum Gasteiger partial charge on any atom is 0.271 e. The number of rotatable bonds is 6. The molecule has 0 spiro atoms. The molecule has 0 bridgehead atoms. The second-order valence-corrected chi connectivity index (χ2v) is 5.02. The van der Waals surface area contributed by atoms with Gasteiger partial charge in [-0.15, -0.1) is 11.3 Å². The number of amides is 1. The maximum atomic E-state index is 12.1. The molecule has 6 nitrogen and oxygen atoms in total. The van der Waals surface area contributed by atoms with Crippen molar-refractivity contribution in [2.75, 3.05) is 6.54 Å². The van der Waals surface area contributed by atoms with E-state index in [1.165, 1.54) is 11.3 Å². The number of carbonyl (C=O) groups excluding carboxylic acids is 1. The summed E-state index contributed by atoms with van der Waals surface area (Å²) in [6.07, 6.45) is 4.88. The van der Waals surface area contributed by atoms with Crippen molar-refractivity contribution in [3.05, 3.63) is 34.3 Å². The number of imidazole rings is 1. The summed E-state index contributed by atoms with van der Waals surface area (Å²) in [6.45, 7) is 2.53. The zero-order valence-corrected chi connectivity index (χ0v) is 11.5. The Bertz CT molecular complexity index is 522. The van der Waals surface area contributed by atoms with Gasteiger partial charge in [0.25, 0.3) is 5.91 Å². The third-order valence-corrected chi connectivity index (χ3v) is 3.61. The van der Waals surface area contributed by atoms with Crippen molar-refractivity contribution in [1.82, 2.24) is 20.3 Å². The van der Waals surface area contributed by atoms with Crippen LogP contribution >= 0.6 is 11.3 Å². The average Bonchev–Trinajstić information content (AvgIpc) is 3.07. The molecule has 2 aromatic rings. The predicted octanol–water partition coefficient (Wildman–Crippen LogP) is 1.25. The summed E-state index contributed by atoms with van der Waals surface area (Å²) in [5, 5.41) is 5.57. The fourth-order valence-electron chi connectivity index (χ4n) is 1.72. The molecule has 0 aliphatic carbocycles. The molecule has 2 rings (SSSR count). The van der Waals surface area contributed by atoms with Crippen molar-refractivity contribution < 1.29 is 4.79 Å². The third kappa shape index (κ3) is 3.39. The number of aromatic nitrogens is 3. The van der Waals surface area contributed by atoms with Gasteiger partial charge in [0.05, 0.1) is 11.0 Å². The quantitative estimate of drug-likeness (QED) is 0.741. The van der Waals surface area contributed by atoms with Gasteiger partial charge < -0.3 is 16.0 Å². The van der Waals surface area contributed by atoms with E-state index in [1.54, 1.807) is 17.8 Å². The van der Waals surface area contributed by atoms with Crippen LogP contribution in [0.4, 0.5) is 0 Å². The lowest BCUT2D eigenvalue weighted by molar-refractivity contribution is 0.0929. The lowest BCUT2D eigenvalue weighted by atomic mass is 10.2. The van der Waals surface area contributed by atoms with Gasteiger partial charge in [-0.3, -0.25) is 4.79 Å². The topological polar surface area (TPSA) is 96.7 Å². The van der Waals surface area contributed by atoms with Gasteiger partial charge in [0, 0.05) is 24.2 Å². The lowest BCUT2D eigenvalue weighted by Crippen LogP contribution is -2.29. The van der Waals surface area contributed by atoms with Crippen LogP contribution < -0.4 is 11.1 Å². The van der Waals surface area contributed by atoms with Crippen LogP contribution in [0.2, 0.25) is 0 Å². The molecule has 1 amide bonds. The van der Waals surface area contributed by atoms with E-state index < -0.39 is 0 Å². The number of hydrogen-bond donors (Lipinski definition) is 3. The molecular weight excluding hydrogens is 262 g/mol. The first-order valence-electron chi connectivity index (χ1n) is 6.19. The lowest BCUT2D eigenvalue weighted by Gasteiger charge is -2.13. The Balaban J connectivity index is 2.02. The first kappa shape index (κ1) is 13.7. The Morgan fingerprint density at radius 1 is 1.63 bits per heavy atom. The molecule has 0 aliphatic rings. The largest absolute Gasteiger partial charge is 0.347 e. The molecular formula is C12H17N5OS. The summed E-state index contributed by atoms with van der Waals surface area (Å²) in [4.78, 5) is 23.5. The highest BCUT2D eigenvalue weighted by atomic mass is 32.1. The van der Waals surface area contributed by atoms with E-state index in [1.807, 2.05) is 6.92 Å². The number of H-pyrrole nitrogens is 1. The van der Waals surface area contributed by atoms with Crippen LogP contribution in [-0.4, -0.2) is 27.4 Å². The molecule has 0 fully saturated rings. The van der Waals surface area contributed by atoms with E-state index in [2.05, 4.69) is 20.3 Å². The highest BCUT2D eigenvalue weighted by molar-refractivity contribution is 7.09. The molecule has 102 valence electrons. The minimum absolute atomic E-state index is 0.123. The summed E-state index contributed by atoms with van der Waals surface area (Å²) in [6, 6.07) is -0.123. The average molecular weight is 279 g/mol. The van der Waals surface area contributed by atoms with E-state index in [0.717, 1.165) is 17.3 Å². The van der Waals surface area contributed by atoms with Crippen LogP contribution in [0.25, 0.3) is 0 Å². The molecule has 4 N–H and O–H groups in total. The normalized spacial score (nSPS) is 12.3.